The summed E-state index contributed by atoms with van der Waals surface area (Å²) < 4.78 is 16.2. The first kappa shape index (κ1) is 17.0. The van der Waals surface area contributed by atoms with Gasteiger partial charge in [-0.25, -0.2) is 4.63 Å². The third kappa shape index (κ3) is 4.36. The van der Waals surface area contributed by atoms with Crippen LogP contribution in [0.25, 0.3) is 11.3 Å². The zero-order valence-electron chi connectivity index (χ0n) is 13.2. The molecule has 128 valence electrons. The van der Waals surface area contributed by atoms with Crippen molar-refractivity contribution in [1.82, 2.24) is 10.3 Å². The van der Waals surface area contributed by atoms with E-state index in [2.05, 4.69) is 31.6 Å². The summed E-state index contributed by atoms with van der Waals surface area (Å²) in [4.78, 5) is 12.1. The second kappa shape index (κ2) is 7.80. The average molecular weight is 404 g/mol. The zero-order chi connectivity index (χ0) is 17.6. The first-order chi connectivity index (χ1) is 12.2. The highest BCUT2D eigenvalue weighted by molar-refractivity contribution is 9.10. The van der Waals surface area contributed by atoms with Crippen molar-refractivity contribution in [3.8, 4) is 22.8 Å². The summed E-state index contributed by atoms with van der Waals surface area (Å²) >= 11 is 3.37. The van der Waals surface area contributed by atoms with Crippen LogP contribution >= 0.6 is 15.9 Å². The monoisotopic (exact) mass is 403 g/mol. The highest BCUT2D eigenvalue weighted by atomic mass is 79.9. The third-order valence-corrected chi connectivity index (χ3v) is 3.82. The summed E-state index contributed by atoms with van der Waals surface area (Å²) in [6, 6.07) is 14.3. The maximum atomic E-state index is 12.1. The van der Waals surface area contributed by atoms with E-state index in [4.69, 9.17) is 14.1 Å². The SMILES string of the molecule is COc1ccc(OCC(=O)Nc2nonc2-c2ccc(Br)cc2)cc1. The third-order valence-electron chi connectivity index (χ3n) is 3.29. The molecule has 1 aromatic heterocycles. The minimum absolute atomic E-state index is 0.168. The summed E-state index contributed by atoms with van der Waals surface area (Å²) in [5, 5.41) is 10.2. The van der Waals surface area contributed by atoms with E-state index in [-0.39, 0.29) is 18.3 Å². The lowest BCUT2D eigenvalue weighted by atomic mass is 10.1. The summed E-state index contributed by atoms with van der Waals surface area (Å²) in [6.07, 6.45) is 0. The fourth-order valence-corrected chi connectivity index (χ4v) is 2.32. The predicted molar refractivity (Wildman–Crippen MR) is 94.6 cm³/mol. The van der Waals surface area contributed by atoms with E-state index in [0.29, 0.717) is 17.2 Å². The lowest BCUT2D eigenvalue weighted by Gasteiger charge is -2.07. The number of nitrogens with zero attached hydrogens (tertiary/aromatic N) is 2. The molecule has 0 radical (unpaired) electrons. The predicted octanol–water partition coefficient (Wildman–Crippen LogP) is 3.53. The number of halogens is 1. The van der Waals surface area contributed by atoms with E-state index in [1.54, 1.807) is 31.4 Å². The summed E-state index contributed by atoms with van der Waals surface area (Å²) in [5.41, 5.74) is 1.22. The van der Waals surface area contributed by atoms with Gasteiger partial charge in [-0.3, -0.25) is 4.79 Å². The molecule has 0 unspecified atom stereocenters. The lowest BCUT2D eigenvalue weighted by molar-refractivity contribution is -0.118. The number of carbonyl (C=O) groups excluding carboxylic acids is 1. The van der Waals surface area contributed by atoms with E-state index in [1.807, 2.05) is 24.3 Å². The molecular weight excluding hydrogens is 390 g/mol. The first-order valence-corrected chi connectivity index (χ1v) is 8.10. The molecule has 0 saturated carbocycles. The van der Waals surface area contributed by atoms with Gasteiger partial charge in [-0.15, -0.1) is 0 Å². The van der Waals surface area contributed by atoms with Crippen molar-refractivity contribution in [2.45, 2.75) is 0 Å². The van der Waals surface area contributed by atoms with Gasteiger partial charge in [-0.2, -0.15) is 0 Å². The Balaban J connectivity index is 1.61. The van der Waals surface area contributed by atoms with Crippen LogP contribution in [-0.4, -0.2) is 29.9 Å². The van der Waals surface area contributed by atoms with Crippen LogP contribution in [0, 0.1) is 0 Å². The van der Waals surface area contributed by atoms with E-state index in [0.717, 1.165) is 10.0 Å². The highest BCUT2D eigenvalue weighted by Gasteiger charge is 2.15. The smallest absolute Gasteiger partial charge is 0.263 e. The number of rotatable bonds is 6. The normalized spacial score (nSPS) is 10.3. The Hall–Kier alpha value is -2.87. The number of nitrogens with one attached hydrogen (secondary N) is 1. The fraction of sp³-hybridized carbons (Fsp3) is 0.118. The van der Waals surface area contributed by atoms with E-state index >= 15 is 0 Å². The summed E-state index contributed by atoms with van der Waals surface area (Å²) in [7, 11) is 1.58. The molecule has 7 nitrogen and oxygen atoms in total. The van der Waals surface area contributed by atoms with E-state index in [9.17, 15) is 4.79 Å². The largest absolute Gasteiger partial charge is 0.497 e. The molecule has 0 saturated heterocycles. The van der Waals surface area contributed by atoms with Crippen molar-refractivity contribution in [1.29, 1.82) is 0 Å². The van der Waals surface area contributed by atoms with Gasteiger partial charge in [-0.1, -0.05) is 28.1 Å². The Morgan fingerprint density at radius 2 is 1.76 bits per heavy atom. The van der Waals surface area contributed by atoms with E-state index < -0.39 is 0 Å². The Labute approximate surface area is 152 Å². The molecule has 1 amide bonds. The van der Waals surface area contributed by atoms with Gasteiger partial charge in [0.25, 0.3) is 5.91 Å². The van der Waals surface area contributed by atoms with Gasteiger partial charge >= 0.3 is 0 Å². The average Bonchev–Trinajstić information content (AvgIpc) is 3.09. The summed E-state index contributed by atoms with van der Waals surface area (Å²) in [6.45, 7) is -0.168. The molecule has 0 aliphatic carbocycles. The molecular formula is C17H14BrN3O4. The van der Waals surface area contributed by atoms with Crippen LogP contribution < -0.4 is 14.8 Å². The number of hydrogen-bond acceptors (Lipinski definition) is 6. The van der Waals surface area contributed by atoms with Crippen LogP contribution in [0.5, 0.6) is 11.5 Å². The zero-order valence-corrected chi connectivity index (χ0v) is 14.8. The molecule has 0 bridgehead atoms. The number of benzene rings is 2. The first-order valence-electron chi connectivity index (χ1n) is 7.31. The van der Waals surface area contributed by atoms with Gasteiger partial charge in [0, 0.05) is 10.0 Å². The number of methoxy groups -OCH3 is 1. The standard InChI is InChI=1S/C17H14BrN3O4/c1-23-13-6-8-14(9-7-13)24-10-15(22)19-17-16(20-25-21-17)11-2-4-12(18)5-3-11/h2-9H,10H2,1H3,(H,19,21,22). The van der Waals surface area contributed by atoms with Crippen LogP contribution in [0.4, 0.5) is 5.82 Å². The molecule has 0 aliphatic heterocycles. The molecule has 1 N–H and O–H groups in total. The van der Waals surface area contributed by atoms with Crippen LogP contribution in [0.15, 0.2) is 57.6 Å². The minimum atomic E-state index is -0.370. The van der Waals surface area contributed by atoms with Crippen LogP contribution in [0.2, 0.25) is 0 Å². The second-order valence-electron chi connectivity index (χ2n) is 4.98. The molecule has 1 heterocycles. The number of anilines is 1. The maximum absolute atomic E-state index is 12.1. The summed E-state index contributed by atoms with van der Waals surface area (Å²) in [5.74, 6) is 1.14. The molecule has 0 atom stereocenters. The van der Waals surface area contributed by atoms with Gasteiger partial charge in [0.2, 0.25) is 5.82 Å². The molecule has 25 heavy (non-hydrogen) atoms. The van der Waals surface area contributed by atoms with Gasteiger partial charge in [0.1, 0.15) is 11.5 Å². The van der Waals surface area contributed by atoms with Crippen molar-refractivity contribution in [2.24, 2.45) is 0 Å². The lowest BCUT2D eigenvalue weighted by Crippen LogP contribution is -2.20. The molecule has 3 rings (SSSR count). The van der Waals surface area contributed by atoms with Crippen molar-refractivity contribution in [3.05, 3.63) is 53.0 Å². The number of amides is 1. The molecule has 8 heteroatoms. The van der Waals surface area contributed by atoms with Gasteiger partial charge in [-0.05, 0) is 46.7 Å². The van der Waals surface area contributed by atoms with Crippen LogP contribution in [0.1, 0.15) is 0 Å². The maximum Gasteiger partial charge on any atom is 0.263 e. The number of hydrogen-bond donors (Lipinski definition) is 1. The molecule has 0 spiro atoms. The van der Waals surface area contributed by atoms with Crippen molar-refractivity contribution in [3.63, 3.8) is 0 Å². The Morgan fingerprint density at radius 3 is 2.44 bits per heavy atom. The second-order valence-corrected chi connectivity index (χ2v) is 5.90. The van der Waals surface area contributed by atoms with Gasteiger partial charge < -0.3 is 14.8 Å². The highest BCUT2D eigenvalue weighted by Crippen LogP contribution is 2.25. The van der Waals surface area contributed by atoms with Crippen LogP contribution in [0.3, 0.4) is 0 Å². The minimum Gasteiger partial charge on any atom is -0.497 e. The van der Waals surface area contributed by atoms with Gasteiger partial charge in [0.05, 0.1) is 7.11 Å². The van der Waals surface area contributed by atoms with Crippen molar-refractivity contribution < 1.29 is 18.9 Å². The van der Waals surface area contributed by atoms with Crippen molar-refractivity contribution >= 4 is 27.7 Å². The molecule has 0 fully saturated rings. The molecule has 3 aromatic rings. The number of aromatic nitrogens is 2. The molecule has 2 aromatic carbocycles. The Kier molecular flexibility index (Phi) is 5.30. The number of ether oxygens (including phenoxy) is 2. The Bertz CT molecular complexity index is 847. The quantitative estimate of drug-likeness (QED) is 0.677. The van der Waals surface area contributed by atoms with Crippen molar-refractivity contribution in [2.75, 3.05) is 19.0 Å². The van der Waals surface area contributed by atoms with E-state index in [1.165, 1.54) is 0 Å². The topological polar surface area (TPSA) is 86.5 Å². The molecule has 0 aliphatic rings. The number of carbonyl (C=O) groups is 1. The Morgan fingerprint density at radius 1 is 1.08 bits per heavy atom. The fourth-order valence-electron chi connectivity index (χ4n) is 2.06. The van der Waals surface area contributed by atoms with Crippen LogP contribution in [-0.2, 0) is 4.79 Å². The van der Waals surface area contributed by atoms with Gasteiger partial charge in [0.15, 0.2) is 12.3 Å².